The van der Waals surface area contributed by atoms with E-state index in [2.05, 4.69) is 48.3 Å². The van der Waals surface area contributed by atoms with E-state index in [-0.39, 0.29) is 0 Å². The van der Waals surface area contributed by atoms with Crippen molar-refractivity contribution < 1.29 is 0 Å². The molecule has 0 bridgehead atoms. The van der Waals surface area contributed by atoms with Crippen LogP contribution in [0.1, 0.15) is 36.3 Å². The molecule has 0 unspecified atom stereocenters. The minimum absolute atomic E-state index is 0.618. The molecular weight excluding hydrogens is 256 g/mol. The van der Waals surface area contributed by atoms with Crippen molar-refractivity contribution in [2.75, 3.05) is 20.1 Å². The summed E-state index contributed by atoms with van der Waals surface area (Å²) in [5, 5.41) is 7.84. The molecule has 1 heterocycles. The van der Waals surface area contributed by atoms with Crippen molar-refractivity contribution in [3.05, 3.63) is 15.6 Å². The molecule has 0 aliphatic carbocycles. The fraction of sp³-hybridized carbons (Fsp3) is 0.714. The normalized spacial score (nSPS) is 12.0. The van der Waals surface area contributed by atoms with Crippen molar-refractivity contribution >= 4 is 17.3 Å². The van der Waals surface area contributed by atoms with Crippen LogP contribution in [0.25, 0.3) is 0 Å². The Hall–Kier alpha value is -1.10. The van der Waals surface area contributed by atoms with Crippen LogP contribution in [0.5, 0.6) is 0 Å². The van der Waals surface area contributed by atoms with Gasteiger partial charge in [-0.2, -0.15) is 0 Å². The molecule has 0 atom stereocenters. The Bertz CT molecular complexity index is 410. The van der Waals surface area contributed by atoms with E-state index < -0.39 is 0 Å². The Kier molecular flexibility index (Phi) is 6.84. The predicted octanol–water partition coefficient (Wildman–Crippen LogP) is 2.38. The number of hydrogen-bond acceptors (Lipinski definition) is 3. The maximum Gasteiger partial charge on any atom is 0.190 e. The van der Waals surface area contributed by atoms with Gasteiger partial charge in [0.15, 0.2) is 5.96 Å². The quantitative estimate of drug-likeness (QED) is 0.622. The number of nitrogens with zero attached hydrogens (tertiary/aromatic N) is 2. The van der Waals surface area contributed by atoms with Gasteiger partial charge in [0.2, 0.25) is 0 Å². The van der Waals surface area contributed by atoms with E-state index in [0.29, 0.717) is 5.92 Å². The lowest BCUT2D eigenvalue weighted by Gasteiger charge is -2.12. The predicted molar refractivity (Wildman–Crippen MR) is 84.1 cm³/mol. The minimum Gasteiger partial charge on any atom is -0.356 e. The lowest BCUT2D eigenvalue weighted by Crippen LogP contribution is -2.39. The van der Waals surface area contributed by atoms with Crippen LogP contribution in [-0.2, 0) is 12.8 Å². The second kappa shape index (κ2) is 8.15. The average Bonchev–Trinajstić information content (AvgIpc) is 2.73. The molecule has 0 radical (unpaired) electrons. The highest BCUT2D eigenvalue weighted by Crippen LogP contribution is 2.17. The second-order valence-corrected chi connectivity index (χ2v) is 6.28. The standard InChI is InChI=1S/C14H26N4S/c1-6-12-11(4)19-13(18-12)7-8-16-14(15-5)17-9-10(2)3/h10H,6-9H2,1-5H3,(H2,15,16,17). The summed E-state index contributed by atoms with van der Waals surface area (Å²) < 4.78 is 0. The first kappa shape index (κ1) is 16.0. The van der Waals surface area contributed by atoms with Gasteiger partial charge in [-0.1, -0.05) is 20.8 Å². The summed E-state index contributed by atoms with van der Waals surface area (Å²) in [4.78, 5) is 10.2. The Labute approximate surface area is 120 Å². The monoisotopic (exact) mass is 282 g/mol. The second-order valence-electron chi connectivity index (χ2n) is 4.99. The fourth-order valence-corrected chi connectivity index (χ4v) is 2.75. The van der Waals surface area contributed by atoms with E-state index in [1.807, 2.05) is 0 Å². The molecule has 108 valence electrons. The topological polar surface area (TPSA) is 49.3 Å². The maximum absolute atomic E-state index is 4.64. The van der Waals surface area contributed by atoms with Crippen LogP contribution in [0.4, 0.5) is 0 Å². The first-order valence-corrected chi connectivity index (χ1v) is 7.78. The largest absolute Gasteiger partial charge is 0.356 e. The summed E-state index contributed by atoms with van der Waals surface area (Å²) in [6.07, 6.45) is 1.97. The number of aromatic nitrogens is 1. The van der Waals surface area contributed by atoms with Crippen LogP contribution in [0.3, 0.4) is 0 Å². The van der Waals surface area contributed by atoms with E-state index in [0.717, 1.165) is 31.9 Å². The smallest absolute Gasteiger partial charge is 0.190 e. The molecule has 0 aromatic carbocycles. The Balaban J connectivity index is 2.35. The molecule has 19 heavy (non-hydrogen) atoms. The highest BCUT2D eigenvalue weighted by atomic mass is 32.1. The molecule has 0 aliphatic rings. The SMILES string of the molecule is CCc1nc(CCNC(=NC)NCC(C)C)sc1C. The van der Waals surface area contributed by atoms with Gasteiger partial charge in [-0.3, -0.25) is 4.99 Å². The number of thiazole rings is 1. The van der Waals surface area contributed by atoms with Crippen molar-refractivity contribution in [3.8, 4) is 0 Å². The van der Waals surface area contributed by atoms with Crippen molar-refractivity contribution in [2.45, 2.75) is 40.5 Å². The maximum atomic E-state index is 4.64. The van der Waals surface area contributed by atoms with Crippen LogP contribution >= 0.6 is 11.3 Å². The van der Waals surface area contributed by atoms with Crippen LogP contribution in [0.15, 0.2) is 4.99 Å². The number of aliphatic imine (C=N–C) groups is 1. The molecule has 0 aliphatic heterocycles. The number of guanidine groups is 1. The number of aryl methyl sites for hydroxylation is 2. The number of rotatable bonds is 6. The van der Waals surface area contributed by atoms with Crippen LogP contribution in [0.2, 0.25) is 0 Å². The van der Waals surface area contributed by atoms with Gasteiger partial charge in [-0.15, -0.1) is 11.3 Å². The van der Waals surface area contributed by atoms with Gasteiger partial charge in [0.05, 0.1) is 10.7 Å². The first-order chi connectivity index (χ1) is 9.06. The van der Waals surface area contributed by atoms with Crippen molar-refractivity contribution in [3.63, 3.8) is 0 Å². The molecule has 5 heteroatoms. The molecule has 0 spiro atoms. The molecule has 4 nitrogen and oxygen atoms in total. The zero-order chi connectivity index (χ0) is 14.3. The molecule has 0 amide bonds. The van der Waals surface area contributed by atoms with Gasteiger partial charge in [0.1, 0.15) is 0 Å². The van der Waals surface area contributed by atoms with Crippen molar-refractivity contribution in [1.29, 1.82) is 0 Å². The van der Waals surface area contributed by atoms with E-state index in [4.69, 9.17) is 0 Å². The summed E-state index contributed by atoms with van der Waals surface area (Å²) in [5.41, 5.74) is 1.24. The summed E-state index contributed by atoms with van der Waals surface area (Å²) in [6, 6.07) is 0. The zero-order valence-corrected chi connectivity index (χ0v) is 13.5. The molecule has 0 fully saturated rings. The third-order valence-corrected chi connectivity index (χ3v) is 3.88. The third-order valence-electron chi connectivity index (χ3n) is 2.80. The summed E-state index contributed by atoms with van der Waals surface area (Å²) in [6.45, 7) is 10.5. The molecule has 1 aromatic heterocycles. The number of hydrogen-bond donors (Lipinski definition) is 2. The average molecular weight is 282 g/mol. The minimum atomic E-state index is 0.618. The van der Waals surface area contributed by atoms with Crippen molar-refractivity contribution in [1.82, 2.24) is 15.6 Å². The van der Waals surface area contributed by atoms with E-state index in [1.165, 1.54) is 15.6 Å². The van der Waals surface area contributed by atoms with E-state index in [9.17, 15) is 0 Å². The van der Waals surface area contributed by atoms with Crippen LogP contribution < -0.4 is 10.6 Å². The summed E-state index contributed by atoms with van der Waals surface area (Å²) in [7, 11) is 1.80. The van der Waals surface area contributed by atoms with Crippen LogP contribution in [-0.4, -0.2) is 31.1 Å². The molecule has 0 saturated heterocycles. The van der Waals surface area contributed by atoms with E-state index >= 15 is 0 Å². The fourth-order valence-electron chi connectivity index (χ4n) is 1.73. The third kappa shape index (κ3) is 5.59. The molecule has 1 rings (SSSR count). The summed E-state index contributed by atoms with van der Waals surface area (Å²) >= 11 is 1.81. The Morgan fingerprint density at radius 2 is 2.11 bits per heavy atom. The van der Waals surface area contributed by atoms with Gasteiger partial charge >= 0.3 is 0 Å². The summed E-state index contributed by atoms with van der Waals surface area (Å²) in [5.74, 6) is 1.49. The van der Waals surface area contributed by atoms with Gasteiger partial charge in [0.25, 0.3) is 0 Å². The Morgan fingerprint density at radius 1 is 1.37 bits per heavy atom. The molecular formula is C14H26N4S. The van der Waals surface area contributed by atoms with Crippen LogP contribution in [0, 0.1) is 12.8 Å². The zero-order valence-electron chi connectivity index (χ0n) is 12.7. The highest BCUT2D eigenvalue weighted by molar-refractivity contribution is 7.11. The van der Waals surface area contributed by atoms with Gasteiger partial charge < -0.3 is 10.6 Å². The molecule has 2 N–H and O–H groups in total. The van der Waals surface area contributed by atoms with Gasteiger partial charge in [-0.05, 0) is 19.3 Å². The van der Waals surface area contributed by atoms with Crippen molar-refractivity contribution in [2.24, 2.45) is 10.9 Å². The van der Waals surface area contributed by atoms with Gasteiger partial charge in [-0.25, -0.2) is 4.98 Å². The van der Waals surface area contributed by atoms with Gasteiger partial charge in [0, 0.05) is 31.4 Å². The number of nitrogens with one attached hydrogen (secondary N) is 2. The molecule has 1 aromatic rings. The first-order valence-electron chi connectivity index (χ1n) is 6.96. The van der Waals surface area contributed by atoms with E-state index in [1.54, 1.807) is 18.4 Å². The Morgan fingerprint density at radius 3 is 2.63 bits per heavy atom. The molecule has 0 saturated carbocycles. The lowest BCUT2D eigenvalue weighted by atomic mass is 10.2. The lowest BCUT2D eigenvalue weighted by molar-refractivity contribution is 0.614. The highest BCUT2D eigenvalue weighted by Gasteiger charge is 2.06.